The lowest BCUT2D eigenvalue weighted by Crippen LogP contribution is -2.37. The number of hydrogen-bond donors (Lipinski definition) is 2. The van der Waals surface area contributed by atoms with Crippen molar-refractivity contribution >= 4 is 29.2 Å². The predicted octanol–water partition coefficient (Wildman–Crippen LogP) is 3.65. The summed E-state index contributed by atoms with van der Waals surface area (Å²) in [5.74, 6) is 1.66. The number of aryl methyl sites for hydroxylation is 1. The van der Waals surface area contributed by atoms with Gasteiger partial charge in [-0.25, -0.2) is 9.98 Å². The van der Waals surface area contributed by atoms with Gasteiger partial charge in [-0.3, -0.25) is 14.7 Å². The Labute approximate surface area is 166 Å². The second-order valence-electron chi connectivity index (χ2n) is 6.31. The van der Waals surface area contributed by atoms with Crippen LogP contribution in [0.3, 0.4) is 0 Å². The maximum Gasteiger partial charge on any atom is 0.257 e. The highest BCUT2D eigenvalue weighted by molar-refractivity contribution is 6.30. The van der Waals surface area contributed by atoms with Crippen LogP contribution < -0.4 is 20.9 Å². The maximum atomic E-state index is 12.6. The Morgan fingerprint density at radius 3 is 2.68 bits per heavy atom. The van der Waals surface area contributed by atoms with E-state index in [9.17, 15) is 4.79 Å². The van der Waals surface area contributed by atoms with Gasteiger partial charge in [0.1, 0.15) is 5.75 Å². The number of nitrogens with zero attached hydrogens (tertiary/aromatic N) is 3. The van der Waals surface area contributed by atoms with E-state index in [-0.39, 0.29) is 5.56 Å². The van der Waals surface area contributed by atoms with Gasteiger partial charge in [-0.15, -0.1) is 0 Å². The van der Waals surface area contributed by atoms with Crippen molar-refractivity contribution < 1.29 is 4.74 Å². The number of methoxy groups -OCH3 is 1. The van der Waals surface area contributed by atoms with Gasteiger partial charge in [0.25, 0.3) is 5.56 Å². The van der Waals surface area contributed by atoms with Gasteiger partial charge in [0, 0.05) is 22.5 Å². The van der Waals surface area contributed by atoms with Crippen molar-refractivity contribution in [2.24, 2.45) is 4.99 Å². The summed E-state index contributed by atoms with van der Waals surface area (Å²) in [6.07, 6.45) is -0.587. The summed E-state index contributed by atoms with van der Waals surface area (Å²) >= 11 is 6.16. The summed E-state index contributed by atoms with van der Waals surface area (Å²) in [5, 5.41) is 6.89. The lowest BCUT2D eigenvalue weighted by molar-refractivity contribution is 0.415. The van der Waals surface area contributed by atoms with Gasteiger partial charge in [-0.05, 0) is 48.9 Å². The number of halogens is 1. The summed E-state index contributed by atoms with van der Waals surface area (Å²) in [6.45, 7) is 1.78. The van der Waals surface area contributed by atoms with E-state index in [0.717, 1.165) is 17.0 Å². The van der Waals surface area contributed by atoms with E-state index in [1.165, 1.54) is 10.6 Å². The standard InChI is InChI=1S/C20H18ClN5O2/c1-12-10-17(27)26-18(13-4-3-5-14(21)11-13)24-19(25-20(26)22-12)23-15-6-8-16(28-2)9-7-15/h3-11,18H,1-2H3,(H2,22,23,24,25). The molecule has 2 heterocycles. The largest absolute Gasteiger partial charge is 0.497 e. The number of nitrogens with one attached hydrogen (secondary N) is 2. The van der Waals surface area contributed by atoms with Crippen molar-refractivity contribution in [1.82, 2.24) is 9.55 Å². The Kier molecular flexibility index (Phi) is 4.75. The summed E-state index contributed by atoms with van der Waals surface area (Å²) in [4.78, 5) is 21.8. The first-order valence-electron chi connectivity index (χ1n) is 8.65. The third kappa shape index (κ3) is 3.57. The summed E-state index contributed by atoms with van der Waals surface area (Å²) in [5.41, 5.74) is 2.05. The fraction of sp³-hybridized carbons (Fsp3) is 0.150. The van der Waals surface area contributed by atoms with E-state index in [0.29, 0.717) is 22.6 Å². The highest BCUT2D eigenvalue weighted by Crippen LogP contribution is 2.27. The summed E-state index contributed by atoms with van der Waals surface area (Å²) in [6, 6.07) is 16.2. The Balaban J connectivity index is 1.76. The van der Waals surface area contributed by atoms with E-state index in [2.05, 4.69) is 15.6 Å². The first-order chi connectivity index (χ1) is 13.5. The number of hydrogen-bond acceptors (Lipinski definition) is 6. The van der Waals surface area contributed by atoms with Crippen LogP contribution in [0.4, 0.5) is 11.6 Å². The molecule has 0 spiro atoms. The highest BCUT2D eigenvalue weighted by Gasteiger charge is 2.25. The Morgan fingerprint density at radius 2 is 1.96 bits per heavy atom. The Bertz CT molecular complexity index is 1110. The molecule has 0 saturated carbocycles. The van der Waals surface area contributed by atoms with E-state index in [4.69, 9.17) is 21.3 Å². The van der Waals surface area contributed by atoms with Crippen LogP contribution in [0.5, 0.6) is 5.75 Å². The number of aliphatic imine (C=N–C) groups is 1. The SMILES string of the molecule is COc1ccc(NC2=NC(c3cccc(Cl)c3)n3c(nc(C)cc3=O)N2)cc1. The number of rotatable bonds is 3. The van der Waals surface area contributed by atoms with E-state index in [1.54, 1.807) is 26.2 Å². The molecule has 0 fully saturated rings. The number of benzene rings is 2. The lowest BCUT2D eigenvalue weighted by Gasteiger charge is -2.27. The molecule has 0 aliphatic carbocycles. The zero-order valence-electron chi connectivity index (χ0n) is 15.3. The second kappa shape index (κ2) is 7.36. The molecule has 1 atom stereocenters. The van der Waals surface area contributed by atoms with Crippen LogP contribution in [0.2, 0.25) is 5.02 Å². The van der Waals surface area contributed by atoms with Crippen molar-refractivity contribution in [3.8, 4) is 5.75 Å². The molecule has 142 valence electrons. The number of fused-ring (bicyclic) bond motifs is 1. The molecule has 0 amide bonds. The van der Waals surface area contributed by atoms with Crippen molar-refractivity contribution in [1.29, 1.82) is 0 Å². The summed E-state index contributed by atoms with van der Waals surface area (Å²) < 4.78 is 6.70. The van der Waals surface area contributed by atoms with Crippen molar-refractivity contribution in [2.75, 3.05) is 17.7 Å². The topological polar surface area (TPSA) is 80.5 Å². The summed E-state index contributed by atoms with van der Waals surface area (Å²) in [7, 11) is 1.62. The Hall–Kier alpha value is -3.32. The van der Waals surface area contributed by atoms with Gasteiger partial charge >= 0.3 is 0 Å². The number of aromatic nitrogens is 2. The predicted molar refractivity (Wildman–Crippen MR) is 110 cm³/mol. The zero-order chi connectivity index (χ0) is 19.7. The first-order valence-corrected chi connectivity index (χ1v) is 9.03. The van der Waals surface area contributed by atoms with Gasteiger partial charge in [-0.2, -0.15) is 0 Å². The minimum absolute atomic E-state index is 0.188. The minimum Gasteiger partial charge on any atom is -0.497 e. The highest BCUT2D eigenvalue weighted by atomic mass is 35.5. The molecule has 0 bridgehead atoms. The van der Waals surface area contributed by atoms with Gasteiger partial charge in [0.05, 0.1) is 7.11 Å². The molecule has 3 aromatic rings. The van der Waals surface area contributed by atoms with Crippen LogP contribution >= 0.6 is 11.6 Å². The Morgan fingerprint density at radius 1 is 1.18 bits per heavy atom. The normalized spacial score (nSPS) is 15.2. The van der Waals surface area contributed by atoms with Crippen LogP contribution in [-0.4, -0.2) is 22.6 Å². The molecule has 28 heavy (non-hydrogen) atoms. The van der Waals surface area contributed by atoms with Crippen molar-refractivity contribution in [2.45, 2.75) is 13.1 Å². The molecular formula is C20H18ClN5O2. The molecule has 0 radical (unpaired) electrons. The molecule has 7 nitrogen and oxygen atoms in total. The fourth-order valence-corrected chi connectivity index (χ4v) is 3.21. The minimum atomic E-state index is -0.587. The van der Waals surface area contributed by atoms with Crippen LogP contribution in [0.25, 0.3) is 0 Å². The maximum absolute atomic E-state index is 12.6. The molecule has 1 aromatic heterocycles. The van der Waals surface area contributed by atoms with E-state index < -0.39 is 6.17 Å². The van der Waals surface area contributed by atoms with Crippen LogP contribution in [-0.2, 0) is 0 Å². The molecule has 4 rings (SSSR count). The monoisotopic (exact) mass is 395 g/mol. The third-order valence-electron chi connectivity index (χ3n) is 4.31. The lowest BCUT2D eigenvalue weighted by atomic mass is 10.1. The molecule has 1 aliphatic heterocycles. The quantitative estimate of drug-likeness (QED) is 0.707. The van der Waals surface area contributed by atoms with E-state index in [1.807, 2.05) is 36.4 Å². The van der Waals surface area contributed by atoms with Crippen LogP contribution in [0.15, 0.2) is 64.4 Å². The fourth-order valence-electron chi connectivity index (χ4n) is 3.01. The van der Waals surface area contributed by atoms with Gasteiger partial charge < -0.3 is 10.1 Å². The number of anilines is 2. The molecular weight excluding hydrogens is 378 g/mol. The van der Waals surface area contributed by atoms with Gasteiger partial charge in [0.15, 0.2) is 6.17 Å². The number of ether oxygens (including phenoxy) is 1. The van der Waals surface area contributed by atoms with Gasteiger partial charge in [-0.1, -0.05) is 23.7 Å². The van der Waals surface area contributed by atoms with E-state index >= 15 is 0 Å². The van der Waals surface area contributed by atoms with Crippen molar-refractivity contribution in [3.63, 3.8) is 0 Å². The molecule has 1 unspecified atom stereocenters. The van der Waals surface area contributed by atoms with Crippen molar-refractivity contribution in [3.05, 3.63) is 81.2 Å². The van der Waals surface area contributed by atoms with Crippen LogP contribution in [0.1, 0.15) is 17.4 Å². The zero-order valence-corrected chi connectivity index (χ0v) is 16.1. The third-order valence-corrected chi connectivity index (χ3v) is 4.54. The average Bonchev–Trinajstić information content (AvgIpc) is 2.67. The van der Waals surface area contributed by atoms with Gasteiger partial charge in [0.2, 0.25) is 11.9 Å². The van der Waals surface area contributed by atoms with Crippen LogP contribution in [0, 0.1) is 6.92 Å². The molecule has 0 saturated heterocycles. The second-order valence-corrected chi connectivity index (χ2v) is 6.75. The first kappa shape index (κ1) is 18.1. The number of guanidine groups is 1. The molecule has 2 aromatic carbocycles. The smallest absolute Gasteiger partial charge is 0.257 e. The average molecular weight is 396 g/mol. The molecule has 2 N–H and O–H groups in total. The molecule has 8 heteroatoms. The molecule has 1 aliphatic rings.